The van der Waals surface area contributed by atoms with Crippen LogP contribution in [0.4, 0.5) is 11.4 Å². The summed E-state index contributed by atoms with van der Waals surface area (Å²) in [5.74, 6) is 0.790. The SMILES string of the molecule is COc1ccc(N2CC(C(=O)N3c4ccccc4CC3C)CC2=O)c(OC)c1. The Bertz CT molecular complexity index is 927. The van der Waals surface area contributed by atoms with Gasteiger partial charge in [-0.05, 0) is 37.1 Å². The highest BCUT2D eigenvalue weighted by molar-refractivity contribution is 6.06. The molecule has 0 aromatic heterocycles. The van der Waals surface area contributed by atoms with Crippen LogP contribution >= 0.6 is 0 Å². The third-order valence-electron chi connectivity index (χ3n) is 5.60. The van der Waals surface area contributed by atoms with E-state index in [2.05, 4.69) is 13.0 Å². The fourth-order valence-electron chi connectivity index (χ4n) is 4.21. The number of carbonyl (C=O) groups excluding carboxylic acids is 2. The summed E-state index contributed by atoms with van der Waals surface area (Å²) in [6.45, 7) is 2.41. The molecule has 28 heavy (non-hydrogen) atoms. The number of fused-ring (bicyclic) bond motifs is 1. The Morgan fingerprint density at radius 1 is 1.04 bits per heavy atom. The molecule has 2 unspecified atom stereocenters. The van der Waals surface area contributed by atoms with E-state index in [1.165, 1.54) is 5.56 Å². The minimum Gasteiger partial charge on any atom is -0.497 e. The number of hydrogen-bond donors (Lipinski definition) is 0. The maximum atomic E-state index is 13.3. The van der Waals surface area contributed by atoms with Crippen LogP contribution in [-0.4, -0.2) is 38.6 Å². The van der Waals surface area contributed by atoms with E-state index < -0.39 is 0 Å². The molecule has 0 spiro atoms. The van der Waals surface area contributed by atoms with Gasteiger partial charge in [0, 0.05) is 30.8 Å². The average molecular weight is 380 g/mol. The van der Waals surface area contributed by atoms with Gasteiger partial charge >= 0.3 is 0 Å². The first-order valence-corrected chi connectivity index (χ1v) is 9.47. The van der Waals surface area contributed by atoms with Crippen molar-refractivity contribution in [3.8, 4) is 11.5 Å². The van der Waals surface area contributed by atoms with Crippen molar-refractivity contribution in [2.75, 3.05) is 30.6 Å². The van der Waals surface area contributed by atoms with Crippen LogP contribution in [0.2, 0.25) is 0 Å². The minimum atomic E-state index is -0.368. The zero-order valence-electron chi connectivity index (χ0n) is 16.3. The number of amides is 2. The summed E-state index contributed by atoms with van der Waals surface area (Å²) in [4.78, 5) is 29.5. The Hall–Kier alpha value is -3.02. The van der Waals surface area contributed by atoms with Crippen molar-refractivity contribution in [3.63, 3.8) is 0 Å². The van der Waals surface area contributed by atoms with Gasteiger partial charge in [0.05, 0.1) is 25.8 Å². The first-order chi connectivity index (χ1) is 13.5. The van der Waals surface area contributed by atoms with Crippen molar-refractivity contribution >= 4 is 23.2 Å². The first-order valence-electron chi connectivity index (χ1n) is 9.47. The van der Waals surface area contributed by atoms with Gasteiger partial charge in [-0.1, -0.05) is 18.2 Å². The summed E-state index contributed by atoms with van der Waals surface area (Å²) in [7, 11) is 3.14. The molecular weight excluding hydrogens is 356 g/mol. The van der Waals surface area contributed by atoms with Gasteiger partial charge in [-0.15, -0.1) is 0 Å². The number of anilines is 2. The average Bonchev–Trinajstić information content (AvgIpc) is 3.26. The van der Waals surface area contributed by atoms with Crippen molar-refractivity contribution in [1.82, 2.24) is 0 Å². The Morgan fingerprint density at radius 2 is 1.82 bits per heavy atom. The number of ether oxygens (including phenoxy) is 2. The fraction of sp³-hybridized carbons (Fsp3) is 0.364. The lowest BCUT2D eigenvalue weighted by Gasteiger charge is -2.26. The standard InChI is InChI=1S/C22H24N2O4/c1-14-10-15-6-4-5-7-18(15)24(14)22(26)16-11-21(25)23(13-16)19-9-8-17(27-2)12-20(19)28-3/h4-9,12,14,16H,10-11,13H2,1-3H3. The number of rotatable bonds is 4. The van der Waals surface area contributed by atoms with Gasteiger partial charge in [0.25, 0.3) is 0 Å². The molecule has 2 amide bonds. The van der Waals surface area contributed by atoms with Gasteiger partial charge in [0.15, 0.2) is 0 Å². The van der Waals surface area contributed by atoms with E-state index in [0.717, 1.165) is 12.1 Å². The summed E-state index contributed by atoms with van der Waals surface area (Å²) in [6, 6.07) is 13.4. The van der Waals surface area contributed by atoms with E-state index >= 15 is 0 Å². The van der Waals surface area contributed by atoms with Crippen LogP contribution in [0.3, 0.4) is 0 Å². The summed E-state index contributed by atoms with van der Waals surface area (Å²) < 4.78 is 10.7. The van der Waals surface area contributed by atoms with Crippen LogP contribution in [-0.2, 0) is 16.0 Å². The highest BCUT2D eigenvalue weighted by atomic mass is 16.5. The van der Waals surface area contributed by atoms with Crippen LogP contribution in [0.1, 0.15) is 18.9 Å². The van der Waals surface area contributed by atoms with E-state index in [-0.39, 0.29) is 30.2 Å². The molecule has 2 atom stereocenters. The molecule has 6 nitrogen and oxygen atoms in total. The maximum Gasteiger partial charge on any atom is 0.232 e. The number of para-hydroxylation sites is 1. The quantitative estimate of drug-likeness (QED) is 0.818. The Balaban J connectivity index is 1.58. The number of nitrogens with zero attached hydrogens (tertiary/aromatic N) is 2. The van der Waals surface area contributed by atoms with Gasteiger partial charge in [-0.3, -0.25) is 9.59 Å². The van der Waals surface area contributed by atoms with Gasteiger partial charge in [-0.25, -0.2) is 0 Å². The molecule has 0 N–H and O–H groups in total. The molecule has 2 aliphatic heterocycles. The second-order valence-corrected chi connectivity index (χ2v) is 7.33. The molecule has 2 aliphatic rings. The molecule has 0 saturated carbocycles. The highest BCUT2D eigenvalue weighted by Gasteiger charge is 2.41. The van der Waals surface area contributed by atoms with Crippen LogP contribution in [0.15, 0.2) is 42.5 Å². The largest absolute Gasteiger partial charge is 0.497 e. The van der Waals surface area contributed by atoms with Crippen LogP contribution < -0.4 is 19.3 Å². The summed E-state index contributed by atoms with van der Waals surface area (Å²) >= 11 is 0. The van der Waals surface area contributed by atoms with Gasteiger partial charge in [0.2, 0.25) is 11.8 Å². The van der Waals surface area contributed by atoms with Gasteiger partial charge in [-0.2, -0.15) is 0 Å². The second-order valence-electron chi connectivity index (χ2n) is 7.33. The topological polar surface area (TPSA) is 59.1 Å². The van der Waals surface area contributed by atoms with Crippen LogP contribution in [0.25, 0.3) is 0 Å². The molecule has 0 aliphatic carbocycles. The van der Waals surface area contributed by atoms with E-state index in [1.54, 1.807) is 37.3 Å². The lowest BCUT2D eigenvalue weighted by Crippen LogP contribution is -2.41. The predicted octanol–water partition coefficient (Wildman–Crippen LogP) is 3.03. The van der Waals surface area contributed by atoms with Crippen molar-refractivity contribution in [2.24, 2.45) is 5.92 Å². The van der Waals surface area contributed by atoms with E-state index in [0.29, 0.717) is 23.7 Å². The van der Waals surface area contributed by atoms with Crippen LogP contribution in [0.5, 0.6) is 11.5 Å². The first kappa shape index (κ1) is 18.3. The van der Waals surface area contributed by atoms with E-state index in [1.807, 2.05) is 23.1 Å². The minimum absolute atomic E-state index is 0.0146. The monoisotopic (exact) mass is 380 g/mol. The van der Waals surface area contributed by atoms with Crippen molar-refractivity contribution in [2.45, 2.75) is 25.8 Å². The van der Waals surface area contributed by atoms with Gasteiger partial charge in [0.1, 0.15) is 11.5 Å². The number of benzene rings is 2. The molecule has 6 heteroatoms. The normalized spacial score (nSPS) is 21.0. The molecule has 0 bridgehead atoms. The summed E-state index contributed by atoms with van der Waals surface area (Å²) in [6.07, 6.45) is 1.05. The zero-order valence-corrected chi connectivity index (χ0v) is 16.3. The molecule has 2 aromatic carbocycles. The third-order valence-corrected chi connectivity index (χ3v) is 5.60. The van der Waals surface area contributed by atoms with E-state index in [9.17, 15) is 9.59 Å². The smallest absolute Gasteiger partial charge is 0.232 e. The second kappa shape index (κ2) is 7.19. The van der Waals surface area contributed by atoms with E-state index in [4.69, 9.17) is 9.47 Å². The zero-order chi connectivity index (χ0) is 19.8. The molecule has 4 rings (SSSR count). The Labute approximate surface area is 164 Å². The van der Waals surface area contributed by atoms with Crippen LogP contribution in [0, 0.1) is 5.92 Å². The number of methoxy groups -OCH3 is 2. The van der Waals surface area contributed by atoms with Gasteiger partial charge < -0.3 is 19.3 Å². The molecule has 146 valence electrons. The van der Waals surface area contributed by atoms with Crippen molar-refractivity contribution in [3.05, 3.63) is 48.0 Å². The van der Waals surface area contributed by atoms with Crippen molar-refractivity contribution in [1.29, 1.82) is 0 Å². The Kier molecular flexibility index (Phi) is 4.71. The third kappa shape index (κ3) is 2.99. The maximum absolute atomic E-state index is 13.3. The summed E-state index contributed by atoms with van der Waals surface area (Å²) in [5, 5.41) is 0. The number of hydrogen-bond acceptors (Lipinski definition) is 4. The molecule has 1 saturated heterocycles. The highest BCUT2D eigenvalue weighted by Crippen LogP contribution is 2.38. The summed E-state index contributed by atoms with van der Waals surface area (Å²) in [5.41, 5.74) is 2.81. The fourth-order valence-corrected chi connectivity index (χ4v) is 4.21. The predicted molar refractivity (Wildman–Crippen MR) is 107 cm³/mol. The molecule has 2 aromatic rings. The lowest BCUT2D eigenvalue weighted by atomic mass is 10.1. The molecule has 0 radical (unpaired) electrons. The molecule has 2 heterocycles. The molecular formula is C22H24N2O4. The van der Waals surface area contributed by atoms with Crippen molar-refractivity contribution < 1.29 is 19.1 Å². The lowest BCUT2D eigenvalue weighted by molar-refractivity contribution is -0.124. The molecule has 1 fully saturated rings. The Morgan fingerprint density at radius 3 is 2.57 bits per heavy atom. The number of carbonyl (C=O) groups is 2.